The summed E-state index contributed by atoms with van der Waals surface area (Å²) in [6, 6.07) is 16.9. The third-order valence-corrected chi connectivity index (χ3v) is 5.50. The first-order chi connectivity index (χ1) is 14.4. The van der Waals surface area contributed by atoms with Crippen molar-refractivity contribution in [2.45, 2.75) is 33.6 Å². The van der Waals surface area contributed by atoms with E-state index in [-0.39, 0.29) is 17.5 Å². The molecule has 0 amide bonds. The van der Waals surface area contributed by atoms with Crippen LogP contribution in [0.5, 0.6) is 0 Å². The van der Waals surface area contributed by atoms with Crippen molar-refractivity contribution in [3.05, 3.63) is 89.0 Å². The maximum absolute atomic E-state index is 13.7. The highest BCUT2D eigenvalue weighted by Gasteiger charge is 2.20. The van der Waals surface area contributed by atoms with Crippen LogP contribution in [0.3, 0.4) is 0 Å². The standard InChI is InChI=1S/C25H24FN3O/c1-16-4-7-19(8-5-16)9-6-17(2)25(30)22-15-24-27-13-12-23(29(24)28-22)20-10-11-21(26)18(3)14-20/h4-5,7-8,10-15,17H,6,9H2,1-3H3. The molecule has 0 spiro atoms. The number of ketones is 1. The third-order valence-electron chi connectivity index (χ3n) is 5.50. The van der Waals surface area contributed by atoms with E-state index in [0.717, 1.165) is 24.1 Å². The number of carbonyl (C=O) groups excluding carboxylic acids is 1. The number of hydrogen-bond donors (Lipinski definition) is 0. The fourth-order valence-electron chi connectivity index (χ4n) is 3.56. The summed E-state index contributed by atoms with van der Waals surface area (Å²) in [5.41, 5.74) is 5.63. The molecule has 2 aromatic carbocycles. The van der Waals surface area contributed by atoms with Crippen LogP contribution in [0, 0.1) is 25.6 Å². The summed E-state index contributed by atoms with van der Waals surface area (Å²) >= 11 is 0. The molecule has 0 N–H and O–H groups in total. The molecule has 1 atom stereocenters. The van der Waals surface area contributed by atoms with Gasteiger partial charge in [-0.15, -0.1) is 0 Å². The zero-order chi connectivity index (χ0) is 21.3. The van der Waals surface area contributed by atoms with Crippen molar-refractivity contribution in [1.29, 1.82) is 0 Å². The minimum absolute atomic E-state index is 0.00819. The lowest BCUT2D eigenvalue weighted by Gasteiger charge is -2.09. The molecule has 152 valence electrons. The van der Waals surface area contributed by atoms with Crippen LogP contribution < -0.4 is 0 Å². The number of halogens is 1. The second-order valence-electron chi connectivity index (χ2n) is 7.88. The van der Waals surface area contributed by atoms with Crippen molar-refractivity contribution in [2.24, 2.45) is 5.92 Å². The molecule has 0 saturated carbocycles. The molecule has 4 nitrogen and oxygen atoms in total. The number of fused-ring (bicyclic) bond motifs is 1. The average Bonchev–Trinajstić information content (AvgIpc) is 3.19. The zero-order valence-electron chi connectivity index (χ0n) is 17.4. The smallest absolute Gasteiger partial charge is 0.185 e. The predicted molar refractivity (Wildman–Crippen MR) is 116 cm³/mol. The number of benzene rings is 2. The van der Waals surface area contributed by atoms with Crippen molar-refractivity contribution < 1.29 is 9.18 Å². The molecule has 5 heteroatoms. The van der Waals surface area contributed by atoms with Gasteiger partial charge < -0.3 is 0 Å². The van der Waals surface area contributed by atoms with Crippen LogP contribution >= 0.6 is 0 Å². The van der Waals surface area contributed by atoms with Gasteiger partial charge in [-0.25, -0.2) is 13.9 Å². The van der Waals surface area contributed by atoms with Gasteiger partial charge >= 0.3 is 0 Å². The number of nitrogens with zero attached hydrogens (tertiary/aromatic N) is 3. The van der Waals surface area contributed by atoms with Gasteiger partial charge in [0.2, 0.25) is 0 Å². The lowest BCUT2D eigenvalue weighted by atomic mass is 9.95. The monoisotopic (exact) mass is 401 g/mol. The van der Waals surface area contributed by atoms with E-state index in [9.17, 15) is 9.18 Å². The molecule has 0 saturated heterocycles. The number of aryl methyl sites for hydroxylation is 3. The zero-order valence-corrected chi connectivity index (χ0v) is 17.4. The Morgan fingerprint density at radius 1 is 1.07 bits per heavy atom. The van der Waals surface area contributed by atoms with Crippen LogP contribution in [0.1, 0.15) is 40.5 Å². The minimum atomic E-state index is -0.247. The molecule has 1 unspecified atom stereocenters. The first-order valence-corrected chi connectivity index (χ1v) is 10.1. The van der Waals surface area contributed by atoms with E-state index in [1.807, 2.05) is 13.0 Å². The van der Waals surface area contributed by atoms with Crippen molar-refractivity contribution >= 4 is 11.4 Å². The quantitative estimate of drug-likeness (QED) is 0.395. The van der Waals surface area contributed by atoms with E-state index in [0.29, 0.717) is 16.9 Å². The first-order valence-electron chi connectivity index (χ1n) is 10.1. The van der Waals surface area contributed by atoms with Crippen molar-refractivity contribution in [1.82, 2.24) is 14.6 Å². The Morgan fingerprint density at radius 2 is 1.83 bits per heavy atom. The summed E-state index contributed by atoms with van der Waals surface area (Å²) < 4.78 is 15.3. The van der Waals surface area contributed by atoms with Crippen LogP contribution in [0.2, 0.25) is 0 Å². The normalized spacial score (nSPS) is 12.3. The van der Waals surface area contributed by atoms with Crippen LogP contribution in [-0.2, 0) is 6.42 Å². The van der Waals surface area contributed by atoms with Crippen molar-refractivity contribution in [3.63, 3.8) is 0 Å². The molecule has 2 heterocycles. The molecule has 0 aliphatic carbocycles. The van der Waals surface area contributed by atoms with Crippen molar-refractivity contribution in [2.75, 3.05) is 0 Å². The van der Waals surface area contributed by atoms with E-state index in [2.05, 4.69) is 41.3 Å². The topological polar surface area (TPSA) is 47.3 Å². The van der Waals surface area contributed by atoms with E-state index < -0.39 is 0 Å². The third kappa shape index (κ3) is 4.01. The molecule has 4 aromatic rings. The van der Waals surface area contributed by atoms with E-state index >= 15 is 0 Å². The van der Waals surface area contributed by atoms with Gasteiger partial charge in [0, 0.05) is 23.7 Å². The average molecular weight is 401 g/mol. The molecule has 2 aromatic heterocycles. The van der Waals surface area contributed by atoms with Gasteiger partial charge in [-0.2, -0.15) is 5.10 Å². The molecule has 30 heavy (non-hydrogen) atoms. The van der Waals surface area contributed by atoms with Gasteiger partial charge in [0.25, 0.3) is 0 Å². The van der Waals surface area contributed by atoms with Gasteiger partial charge in [-0.1, -0.05) is 36.8 Å². The highest BCUT2D eigenvalue weighted by Crippen LogP contribution is 2.23. The van der Waals surface area contributed by atoms with Gasteiger partial charge in [-0.3, -0.25) is 4.79 Å². The summed E-state index contributed by atoms with van der Waals surface area (Å²) in [6.07, 6.45) is 3.28. The Balaban J connectivity index is 1.57. The second-order valence-corrected chi connectivity index (χ2v) is 7.88. The second kappa shape index (κ2) is 8.19. The number of aromatic nitrogens is 3. The van der Waals surface area contributed by atoms with Crippen molar-refractivity contribution in [3.8, 4) is 11.3 Å². The van der Waals surface area contributed by atoms with Gasteiger partial charge in [-0.05, 0) is 62.1 Å². The Hall–Kier alpha value is -3.34. The SMILES string of the molecule is Cc1ccc(CCC(C)C(=O)c2cc3nccc(-c4ccc(F)c(C)c4)n3n2)cc1. The highest BCUT2D eigenvalue weighted by molar-refractivity contribution is 5.96. The van der Waals surface area contributed by atoms with Crippen LogP contribution in [-0.4, -0.2) is 20.4 Å². The lowest BCUT2D eigenvalue weighted by molar-refractivity contribution is 0.0919. The molecule has 4 rings (SSSR count). The summed E-state index contributed by atoms with van der Waals surface area (Å²) in [5, 5.41) is 4.54. The minimum Gasteiger partial charge on any atom is -0.292 e. The molecule has 0 bridgehead atoms. The number of hydrogen-bond acceptors (Lipinski definition) is 3. The van der Waals surface area contributed by atoms with Gasteiger partial charge in [0.05, 0.1) is 5.69 Å². The lowest BCUT2D eigenvalue weighted by Crippen LogP contribution is -2.13. The van der Waals surface area contributed by atoms with Crippen LogP contribution in [0.25, 0.3) is 16.9 Å². The van der Waals surface area contributed by atoms with Crippen LogP contribution in [0.4, 0.5) is 4.39 Å². The Kier molecular flexibility index (Phi) is 5.44. The first kappa shape index (κ1) is 20.0. The van der Waals surface area contributed by atoms with E-state index in [1.54, 1.807) is 35.8 Å². The molecule has 0 fully saturated rings. The summed E-state index contributed by atoms with van der Waals surface area (Å²) in [4.78, 5) is 17.3. The molecular weight excluding hydrogens is 377 g/mol. The van der Waals surface area contributed by atoms with Gasteiger partial charge in [0.15, 0.2) is 11.4 Å². The van der Waals surface area contributed by atoms with Crippen LogP contribution in [0.15, 0.2) is 60.8 Å². The Labute approximate surface area is 175 Å². The number of Topliss-reactive ketones (excluding diaryl/α,β-unsaturated/α-hetero) is 1. The molecular formula is C25H24FN3O. The predicted octanol–water partition coefficient (Wildman–Crippen LogP) is 5.60. The Bertz CT molecular complexity index is 1210. The van der Waals surface area contributed by atoms with E-state index in [4.69, 9.17) is 0 Å². The maximum Gasteiger partial charge on any atom is 0.185 e. The molecule has 0 radical (unpaired) electrons. The number of carbonyl (C=O) groups is 1. The van der Waals surface area contributed by atoms with Gasteiger partial charge in [0.1, 0.15) is 11.5 Å². The maximum atomic E-state index is 13.7. The fourth-order valence-corrected chi connectivity index (χ4v) is 3.56. The number of rotatable bonds is 6. The Morgan fingerprint density at radius 3 is 2.57 bits per heavy atom. The van der Waals surface area contributed by atoms with E-state index in [1.165, 1.54) is 17.2 Å². The summed E-state index contributed by atoms with van der Waals surface area (Å²) in [6.45, 7) is 5.73. The largest absolute Gasteiger partial charge is 0.292 e. The fraction of sp³-hybridized carbons (Fsp3) is 0.240. The molecule has 0 aliphatic heterocycles. The summed E-state index contributed by atoms with van der Waals surface area (Å²) in [5.74, 6) is -0.385. The highest BCUT2D eigenvalue weighted by atomic mass is 19.1. The molecule has 0 aliphatic rings. The summed E-state index contributed by atoms with van der Waals surface area (Å²) in [7, 11) is 0.